The van der Waals surface area contributed by atoms with Crippen LogP contribution in [0.15, 0.2) is 75.1 Å². The van der Waals surface area contributed by atoms with Gasteiger partial charge in [-0.15, -0.1) is 0 Å². The molecule has 0 saturated carbocycles. The van der Waals surface area contributed by atoms with Gasteiger partial charge in [-0.3, -0.25) is 4.79 Å². The maximum atomic E-state index is 12.5. The Balaban J connectivity index is 1.97. The quantitative estimate of drug-likeness (QED) is 0.596. The van der Waals surface area contributed by atoms with E-state index in [-0.39, 0.29) is 11.2 Å². The van der Waals surface area contributed by atoms with E-state index in [1.54, 1.807) is 30.3 Å². The molecule has 0 bridgehead atoms. The fraction of sp³-hybridized carbons (Fsp3) is 0.0556. The lowest BCUT2D eigenvalue weighted by Gasteiger charge is -2.08. The van der Waals surface area contributed by atoms with E-state index >= 15 is 0 Å². The maximum Gasteiger partial charge on any atom is 0.235 e. The second-order valence-corrected chi connectivity index (χ2v) is 5.57. The Kier molecular flexibility index (Phi) is 4.48. The van der Waals surface area contributed by atoms with Crippen molar-refractivity contribution in [3.8, 4) is 17.2 Å². The molecule has 0 atom stereocenters. The van der Waals surface area contributed by atoms with Gasteiger partial charge in [-0.2, -0.15) is 0 Å². The van der Waals surface area contributed by atoms with E-state index in [9.17, 15) is 4.79 Å². The lowest BCUT2D eigenvalue weighted by Crippen LogP contribution is -2.05. The Morgan fingerprint density at radius 1 is 1.17 bits per heavy atom. The van der Waals surface area contributed by atoms with Crippen LogP contribution in [0, 0.1) is 0 Å². The summed E-state index contributed by atoms with van der Waals surface area (Å²) in [5.41, 5.74) is 0.202. The van der Waals surface area contributed by atoms with Crippen LogP contribution < -0.4 is 14.9 Å². The van der Waals surface area contributed by atoms with Crippen LogP contribution >= 0.6 is 15.9 Å². The average molecular weight is 373 g/mol. The average Bonchev–Trinajstić information content (AvgIpc) is 2.57. The van der Waals surface area contributed by atoms with Crippen LogP contribution in [0.25, 0.3) is 11.0 Å². The summed E-state index contributed by atoms with van der Waals surface area (Å²) in [7, 11) is 0. The maximum absolute atomic E-state index is 12.5. The Morgan fingerprint density at radius 3 is 2.78 bits per heavy atom. The number of hydrogen-bond acceptors (Lipinski definition) is 4. The number of ether oxygens (including phenoxy) is 2. The minimum atomic E-state index is -0.239. The minimum Gasteiger partial charge on any atom is -0.489 e. The standard InChI is InChI=1S/C18H13BrO4/c1-2-9-21-12-7-8-13-16(10-12)22-11-17(18(13)20)23-15-6-4-3-5-14(15)19/h2-8,10-11H,1,9H2. The number of benzene rings is 2. The third-order valence-corrected chi connectivity index (χ3v) is 3.79. The Labute approximate surface area is 141 Å². The highest BCUT2D eigenvalue weighted by molar-refractivity contribution is 9.10. The van der Waals surface area contributed by atoms with Crippen LogP contribution in [-0.4, -0.2) is 6.61 Å². The van der Waals surface area contributed by atoms with Gasteiger partial charge in [0.15, 0.2) is 0 Å². The topological polar surface area (TPSA) is 48.7 Å². The number of para-hydroxylation sites is 1. The largest absolute Gasteiger partial charge is 0.489 e. The molecule has 0 unspecified atom stereocenters. The summed E-state index contributed by atoms with van der Waals surface area (Å²) in [5, 5.41) is 0.431. The molecule has 1 heterocycles. The summed E-state index contributed by atoms with van der Waals surface area (Å²) in [6.07, 6.45) is 2.95. The summed E-state index contributed by atoms with van der Waals surface area (Å²) in [6.45, 7) is 3.98. The van der Waals surface area contributed by atoms with E-state index in [0.29, 0.717) is 29.1 Å². The highest BCUT2D eigenvalue weighted by Gasteiger charge is 2.11. The number of fused-ring (bicyclic) bond motifs is 1. The molecule has 0 aliphatic heterocycles. The molecule has 4 nitrogen and oxygen atoms in total. The van der Waals surface area contributed by atoms with Crippen molar-refractivity contribution in [3.05, 3.63) is 76.1 Å². The molecule has 0 amide bonds. The first-order valence-electron chi connectivity index (χ1n) is 6.90. The summed E-state index contributed by atoms with van der Waals surface area (Å²) in [6, 6.07) is 12.3. The molecular formula is C18H13BrO4. The highest BCUT2D eigenvalue weighted by Crippen LogP contribution is 2.29. The zero-order valence-electron chi connectivity index (χ0n) is 12.1. The molecule has 23 heavy (non-hydrogen) atoms. The second-order valence-electron chi connectivity index (χ2n) is 4.72. The first-order valence-corrected chi connectivity index (χ1v) is 7.70. The number of halogens is 1. The van der Waals surface area contributed by atoms with E-state index in [1.165, 1.54) is 6.26 Å². The zero-order valence-corrected chi connectivity index (χ0v) is 13.7. The van der Waals surface area contributed by atoms with E-state index in [4.69, 9.17) is 13.9 Å². The van der Waals surface area contributed by atoms with Crippen LogP contribution in [-0.2, 0) is 0 Å². The normalized spacial score (nSPS) is 10.5. The Bertz CT molecular complexity index is 914. The third kappa shape index (κ3) is 3.29. The van der Waals surface area contributed by atoms with Crippen LogP contribution in [0.4, 0.5) is 0 Å². The minimum absolute atomic E-state index is 0.129. The van der Waals surface area contributed by atoms with Gasteiger partial charge in [0.1, 0.15) is 30.0 Å². The zero-order chi connectivity index (χ0) is 16.2. The van der Waals surface area contributed by atoms with Crippen LogP contribution in [0.3, 0.4) is 0 Å². The molecule has 0 aliphatic rings. The summed E-state index contributed by atoms with van der Waals surface area (Å²) in [4.78, 5) is 12.5. The van der Waals surface area contributed by atoms with Gasteiger partial charge in [0.25, 0.3) is 0 Å². The lowest BCUT2D eigenvalue weighted by molar-refractivity contribution is 0.363. The Morgan fingerprint density at radius 2 is 2.00 bits per heavy atom. The lowest BCUT2D eigenvalue weighted by atomic mass is 10.2. The van der Waals surface area contributed by atoms with Gasteiger partial charge in [0.05, 0.1) is 9.86 Å². The van der Waals surface area contributed by atoms with Crippen molar-refractivity contribution in [2.75, 3.05) is 6.61 Å². The monoisotopic (exact) mass is 372 g/mol. The van der Waals surface area contributed by atoms with Crippen molar-refractivity contribution in [3.63, 3.8) is 0 Å². The molecule has 0 fully saturated rings. The van der Waals surface area contributed by atoms with Crippen molar-refractivity contribution in [2.45, 2.75) is 0 Å². The van der Waals surface area contributed by atoms with Crippen LogP contribution in [0.5, 0.6) is 17.2 Å². The van der Waals surface area contributed by atoms with E-state index in [0.717, 1.165) is 4.47 Å². The van der Waals surface area contributed by atoms with Gasteiger partial charge in [-0.25, -0.2) is 0 Å². The number of hydrogen-bond donors (Lipinski definition) is 0. The summed E-state index contributed by atoms with van der Waals surface area (Å²) < 4.78 is 17.3. The summed E-state index contributed by atoms with van der Waals surface area (Å²) in [5.74, 6) is 1.29. The molecule has 0 N–H and O–H groups in total. The van der Waals surface area contributed by atoms with Gasteiger partial charge in [-0.05, 0) is 40.2 Å². The molecule has 2 aromatic carbocycles. The van der Waals surface area contributed by atoms with Gasteiger partial charge >= 0.3 is 0 Å². The molecular weight excluding hydrogens is 360 g/mol. The highest BCUT2D eigenvalue weighted by atomic mass is 79.9. The molecule has 3 aromatic rings. The SMILES string of the molecule is C=CCOc1ccc2c(=O)c(Oc3ccccc3Br)coc2c1. The van der Waals surface area contributed by atoms with Gasteiger partial charge in [0.2, 0.25) is 11.2 Å². The van der Waals surface area contributed by atoms with Gasteiger partial charge in [0, 0.05) is 6.07 Å². The van der Waals surface area contributed by atoms with Crippen molar-refractivity contribution in [1.29, 1.82) is 0 Å². The third-order valence-electron chi connectivity index (χ3n) is 3.14. The molecule has 3 rings (SSSR count). The fourth-order valence-corrected chi connectivity index (χ4v) is 2.42. The molecule has 0 saturated heterocycles. The van der Waals surface area contributed by atoms with Gasteiger partial charge < -0.3 is 13.9 Å². The van der Waals surface area contributed by atoms with Crippen molar-refractivity contribution in [1.82, 2.24) is 0 Å². The van der Waals surface area contributed by atoms with Crippen LogP contribution in [0.2, 0.25) is 0 Å². The van der Waals surface area contributed by atoms with Crippen molar-refractivity contribution >= 4 is 26.9 Å². The smallest absolute Gasteiger partial charge is 0.235 e. The van der Waals surface area contributed by atoms with E-state index in [1.807, 2.05) is 18.2 Å². The second kappa shape index (κ2) is 6.71. The van der Waals surface area contributed by atoms with E-state index in [2.05, 4.69) is 22.5 Å². The fourth-order valence-electron chi connectivity index (χ4n) is 2.05. The molecule has 0 spiro atoms. The molecule has 1 aromatic heterocycles. The molecule has 116 valence electrons. The Hall–Kier alpha value is -2.53. The van der Waals surface area contributed by atoms with Crippen molar-refractivity contribution < 1.29 is 13.9 Å². The number of rotatable bonds is 5. The van der Waals surface area contributed by atoms with Gasteiger partial charge in [-0.1, -0.05) is 24.8 Å². The van der Waals surface area contributed by atoms with Crippen molar-refractivity contribution in [2.24, 2.45) is 0 Å². The summed E-state index contributed by atoms with van der Waals surface area (Å²) >= 11 is 3.38. The predicted molar refractivity (Wildman–Crippen MR) is 92.4 cm³/mol. The molecule has 0 radical (unpaired) electrons. The first kappa shape index (κ1) is 15.4. The molecule has 0 aliphatic carbocycles. The first-order chi connectivity index (χ1) is 11.2. The molecule has 5 heteroatoms. The van der Waals surface area contributed by atoms with Crippen LogP contribution in [0.1, 0.15) is 0 Å². The predicted octanol–water partition coefficient (Wildman–Crippen LogP) is 4.91. The van der Waals surface area contributed by atoms with E-state index < -0.39 is 0 Å².